The van der Waals surface area contributed by atoms with E-state index in [-0.39, 0.29) is 11.5 Å². The second kappa shape index (κ2) is 11.4. The van der Waals surface area contributed by atoms with Crippen molar-refractivity contribution in [3.05, 3.63) is 46.6 Å². The van der Waals surface area contributed by atoms with Crippen LogP contribution in [0.3, 0.4) is 0 Å². The molecule has 0 unspecified atom stereocenters. The summed E-state index contributed by atoms with van der Waals surface area (Å²) < 4.78 is 28.0. The van der Waals surface area contributed by atoms with E-state index in [1.807, 2.05) is 0 Å². The molecule has 2 aliphatic rings. The number of hydrogen-bond donors (Lipinski definition) is 9. The van der Waals surface area contributed by atoms with Crippen molar-refractivity contribution >= 4 is 11.0 Å². The highest BCUT2D eigenvalue weighted by Crippen LogP contribution is 2.42. The number of aliphatic hydroxyl groups is 6. The fraction of sp³-hybridized carbons (Fsp3) is 0.423. The molecule has 15 nitrogen and oxygen atoms in total. The van der Waals surface area contributed by atoms with Gasteiger partial charge in [0.15, 0.2) is 29.2 Å². The predicted molar refractivity (Wildman–Crippen MR) is 134 cm³/mol. The van der Waals surface area contributed by atoms with Gasteiger partial charge in [0.1, 0.15) is 59.3 Å². The van der Waals surface area contributed by atoms with Crippen LogP contribution in [0.25, 0.3) is 22.3 Å². The summed E-state index contributed by atoms with van der Waals surface area (Å²) in [5.74, 6) is -2.04. The molecule has 0 spiro atoms. The first-order chi connectivity index (χ1) is 19.5. The van der Waals surface area contributed by atoms with Crippen LogP contribution in [-0.2, 0) is 14.2 Å². The van der Waals surface area contributed by atoms with Crippen molar-refractivity contribution in [1.29, 1.82) is 0 Å². The van der Waals surface area contributed by atoms with Gasteiger partial charge < -0.3 is 69.3 Å². The first-order valence-electron chi connectivity index (χ1n) is 12.4. The third kappa shape index (κ3) is 5.42. The van der Waals surface area contributed by atoms with Gasteiger partial charge in [-0.3, -0.25) is 4.79 Å². The highest BCUT2D eigenvalue weighted by atomic mass is 16.8. The molecule has 0 radical (unpaired) electrons. The lowest BCUT2D eigenvalue weighted by atomic mass is 9.98. The van der Waals surface area contributed by atoms with Gasteiger partial charge in [0.25, 0.3) is 0 Å². The van der Waals surface area contributed by atoms with Crippen LogP contribution in [0, 0.1) is 0 Å². The van der Waals surface area contributed by atoms with Crippen molar-refractivity contribution in [3.63, 3.8) is 0 Å². The fourth-order valence-electron chi connectivity index (χ4n) is 4.63. The second-order valence-corrected chi connectivity index (χ2v) is 9.65. The van der Waals surface area contributed by atoms with Crippen molar-refractivity contribution < 1.29 is 69.3 Å². The number of benzene rings is 2. The number of phenols is 3. The van der Waals surface area contributed by atoms with E-state index in [9.17, 15) is 50.8 Å². The van der Waals surface area contributed by atoms with E-state index in [1.54, 1.807) is 0 Å². The average Bonchev–Trinajstić information content (AvgIpc) is 2.94. The van der Waals surface area contributed by atoms with Crippen LogP contribution in [0.2, 0.25) is 0 Å². The molecular weight excluding hydrogens is 552 g/mol. The third-order valence-corrected chi connectivity index (χ3v) is 6.87. The minimum absolute atomic E-state index is 0.0373. The van der Waals surface area contributed by atoms with Gasteiger partial charge >= 0.3 is 0 Å². The van der Waals surface area contributed by atoms with Crippen LogP contribution in [0.5, 0.6) is 23.0 Å². The normalized spacial score (nSPS) is 32.2. The number of aromatic hydroxyl groups is 3. The molecule has 0 aliphatic carbocycles. The Morgan fingerprint density at radius 2 is 1.56 bits per heavy atom. The number of fused-ring (bicyclic) bond motifs is 1. The fourth-order valence-corrected chi connectivity index (χ4v) is 4.63. The summed E-state index contributed by atoms with van der Waals surface area (Å²) >= 11 is 0. The quantitative estimate of drug-likeness (QED) is 0.156. The standard InChI is InChI=1S/C26H28O15/c27-7-16-19(34)20(35)24(41-25-21(36)18(33)14(32)8-37-25)26(39-16)40-22-13(31)5-11(29)17-12(30)6-15(38-23(17)22)9-1-3-10(28)4-2-9/h1-6,14,16,18-21,24-29,31-36H,7-8H2/t14-,16-,18+,19-,20+,21-,24-,25+,26+/m1/s1. The van der Waals surface area contributed by atoms with Crippen LogP contribution in [-0.4, -0.2) is 114 Å². The Labute approximate surface area is 230 Å². The Morgan fingerprint density at radius 1 is 0.854 bits per heavy atom. The zero-order valence-electron chi connectivity index (χ0n) is 21.0. The molecule has 0 saturated carbocycles. The van der Waals surface area contributed by atoms with Gasteiger partial charge in [-0.2, -0.15) is 0 Å². The maximum atomic E-state index is 13.0. The monoisotopic (exact) mass is 580 g/mol. The Bertz CT molecular complexity index is 1440. The zero-order chi connectivity index (χ0) is 29.6. The summed E-state index contributed by atoms with van der Waals surface area (Å²) in [4.78, 5) is 13.0. The van der Waals surface area contributed by atoms with Gasteiger partial charge in [-0.15, -0.1) is 0 Å². The van der Waals surface area contributed by atoms with Crippen molar-refractivity contribution in [3.8, 4) is 34.3 Å². The molecule has 2 aromatic carbocycles. The van der Waals surface area contributed by atoms with Crippen molar-refractivity contribution in [2.75, 3.05) is 13.2 Å². The van der Waals surface area contributed by atoms with E-state index >= 15 is 0 Å². The van der Waals surface area contributed by atoms with Gasteiger partial charge in [-0.1, -0.05) is 0 Å². The minimum Gasteiger partial charge on any atom is -0.508 e. The lowest BCUT2D eigenvalue weighted by Crippen LogP contribution is -2.63. The molecule has 0 amide bonds. The molecule has 222 valence electrons. The van der Waals surface area contributed by atoms with Crippen LogP contribution < -0.4 is 10.2 Å². The summed E-state index contributed by atoms with van der Waals surface area (Å²) in [6.45, 7) is -1.24. The largest absolute Gasteiger partial charge is 0.508 e. The minimum atomic E-state index is -1.85. The predicted octanol–water partition coefficient (Wildman–Crippen LogP) is -1.78. The summed E-state index contributed by atoms with van der Waals surface area (Å²) in [5, 5.41) is 91.3. The smallest absolute Gasteiger partial charge is 0.230 e. The van der Waals surface area contributed by atoms with E-state index in [2.05, 4.69) is 0 Å². The summed E-state index contributed by atoms with van der Waals surface area (Å²) in [6.07, 6.45) is -15.1. The van der Waals surface area contributed by atoms with Gasteiger partial charge in [-0.05, 0) is 24.3 Å². The van der Waals surface area contributed by atoms with Crippen LogP contribution >= 0.6 is 0 Å². The molecule has 15 heteroatoms. The summed E-state index contributed by atoms with van der Waals surface area (Å²) in [5.41, 5.74) is -0.841. The lowest BCUT2D eigenvalue weighted by molar-refractivity contribution is -0.344. The number of aliphatic hydroxyl groups excluding tert-OH is 6. The van der Waals surface area contributed by atoms with E-state index in [1.165, 1.54) is 24.3 Å². The number of phenolic OH excluding ortho intramolecular Hbond substituents is 3. The highest BCUT2D eigenvalue weighted by molar-refractivity contribution is 5.91. The molecule has 0 bridgehead atoms. The van der Waals surface area contributed by atoms with Crippen molar-refractivity contribution in [2.24, 2.45) is 0 Å². The first kappa shape index (κ1) is 29.0. The Balaban J connectivity index is 1.56. The Kier molecular flexibility index (Phi) is 8.06. The molecular formula is C26H28O15. The molecule has 3 aromatic rings. The summed E-state index contributed by atoms with van der Waals surface area (Å²) in [6, 6.07) is 7.44. The average molecular weight is 580 g/mol. The second-order valence-electron chi connectivity index (χ2n) is 9.65. The molecule has 3 heterocycles. The van der Waals surface area contributed by atoms with E-state index in [0.29, 0.717) is 5.56 Å². The molecule has 2 saturated heterocycles. The molecule has 5 rings (SSSR count). The van der Waals surface area contributed by atoms with Crippen LogP contribution in [0.4, 0.5) is 0 Å². The SMILES string of the molecule is O=c1cc(-c2ccc(O)cc2)oc2c(O[C@@H]3O[C@H](CO)[C@@H](O)[C@H](O)[C@H]3O[C@@H]3OC[C@@H](O)[C@H](O)[C@H]3O)c(O)cc(O)c12. The topological polar surface area (TPSA) is 249 Å². The lowest BCUT2D eigenvalue weighted by Gasteiger charge is -2.44. The third-order valence-electron chi connectivity index (χ3n) is 6.87. The van der Waals surface area contributed by atoms with Gasteiger partial charge in [0.2, 0.25) is 12.0 Å². The summed E-state index contributed by atoms with van der Waals surface area (Å²) in [7, 11) is 0. The molecule has 9 atom stereocenters. The van der Waals surface area contributed by atoms with Gasteiger partial charge in [0, 0.05) is 17.7 Å². The Morgan fingerprint density at radius 3 is 2.24 bits per heavy atom. The van der Waals surface area contributed by atoms with E-state index < -0.39 is 102 Å². The molecule has 1 aromatic heterocycles. The van der Waals surface area contributed by atoms with Gasteiger partial charge in [0.05, 0.1) is 13.2 Å². The Hall–Kier alpha value is -3.51. The first-order valence-corrected chi connectivity index (χ1v) is 12.4. The van der Waals surface area contributed by atoms with Gasteiger partial charge in [-0.25, -0.2) is 0 Å². The van der Waals surface area contributed by atoms with Crippen LogP contribution in [0.1, 0.15) is 0 Å². The zero-order valence-corrected chi connectivity index (χ0v) is 21.0. The van der Waals surface area contributed by atoms with E-state index in [0.717, 1.165) is 12.1 Å². The molecule has 2 aliphatic heterocycles. The highest BCUT2D eigenvalue weighted by Gasteiger charge is 2.50. The molecule has 2 fully saturated rings. The maximum absolute atomic E-state index is 13.0. The van der Waals surface area contributed by atoms with Crippen LogP contribution in [0.15, 0.2) is 45.6 Å². The maximum Gasteiger partial charge on any atom is 0.230 e. The van der Waals surface area contributed by atoms with Crippen molar-refractivity contribution in [2.45, 2.75) is 55.3 Å². The number of hydrogen-bond acceptors (Lipinski definition) is 15. The molecule has 9 N–H and O–H groups in total. The molecule has 41 heavy (non-hydrogen) atoms. The van der Waals surface area contributed by atoms with Crippen molar-refractivity contribution in [1.82, 2.24) is 0 Å². The van der Waals surface area contributed by atoms with E-state index in [4.69, 9.17) is 23.4 Å². The number of rotatable bonds is 6. The number of ether oxygens (including phenoxy) is 4.